The van der Waals surface area contributed by atoms with Crippen LogP contribution in [0.5, 0.6) is 0 Å². The van der Waals surface area contributed by atoms with Gasteiger partial charge in [0.25, 0.3) is 0 Å². The Labute approximate surface area is 121 Å². The molecule has 0 fully saturated rings. The van der Waals surface area contributed by atoms with Gasteiger partial charge >= 0.3 is 0 Å². The molecule has 5 nitrogen and oxygen atoms in total. The Morgan fingerprint density at radius 2 is 2.20 bits per heavy atom. The Balaban J connectivity index is 2.26. The van der Waals surface area contributed by atoms with E-state index in [1.807, 2.05) is 23.0 Å². The maximum absolute atomic E-state index is 4.72. The molecule has 5 heteroatoms. The standard InChI is InChI=1S/C15H25N5/c1-5-7-16-13-11-20-10-8-17-14(20)15(18-13)19(4)9-6-12(2)3/h8,10-12,16H,5-7,9H2,1-4H3. The first-order chi connectivity index (χ1) is 9.61. The van der Waals surface area contributed by atoms with E-state index in [1.165, 1.54) is 0 Å². The van der Waals surface area contributed by atoms with Gasteiger partial charge in [0.1, 0.15) is 5.82 Å². The highest BCUT2D eigenvalue weighted by Crippen LogP contribution is 2.20. The lowest BCUT2D eigenvalue weighted by Crippen LogP contribution is -2.22. The summed E-state index contributed by atoms with van der Waals surface area (Å²) < 4.78 is 2.03. The number of imidazole rings is 1. The summed E-state index contributed by atoms with van der Waals surface area (Å²) in [5.41, 5.74) is 0.915. The first-order valence-electron chi connectivity index (χ1n) is 7.40. The van der Waals surface area contributed by atoms with Crippen molar-refractivity contribution in [1.29, 1.82) is 0 Å². The van der Waals surface area contributed by atoms with Crippen LogP contribution in [0.25, 0.3) is 5.65 Å². The van der Waals surface area contributed by atoms with Gasteiger partial charge < -0.3 is 14.6 Å². The summed E-state index contributed by atoms with van der Waals surface area (Å²) >= 11 is 0. The van der Waals surface area contributed by atoms with E-state index >= 15 is 0 Å². The van der Waals surface area contributed by atoms with Crippen molar-refractivity contribution in [3.05, 3.63) is 18.6 Å². The molecule has 0 radical (unpaired) electrons. The van der Waals surface area contributed by atoms with Crippen molar-refractivity contribution in [2.24, 2.45) is 5.92 Å². The molecule has 2 aromatic rings. The summed E-state index contributed by atoms with van der Waals surface area (Å²) in [6.45, 7) is 8.56. The predicted octanol–water partition coefficient (Wildman–Crippen LogP) is 3.03. The lowest BCUT2D eigenvalue weighted by molar-refractivity contribution is 0.584. The van der Waals surface area contributed by atoms with Crippen molar-refractivity contribution >= 4 is 17.3 Å². The first kappa shape index (κ1) is 14.6. The molecule has 0 spiro atoms. The lowest BCUT2D eigenvalue weighted by Gasteiger charge is -2.20. The van der Waals surface area contributed by atoms with E-state index in [4.69, 9.17) is 4.98 Å². The number of hydrogen-bond acceptors (Lipinski definition) is 4. The number of rotatable bonds is 7. The molecule has 0 aromatic carbocycles. The van der Waals surface area contributed by atoms with Gasteiger partial charge in [-0.3, -0.25) is 0 Å². The second-order valence-corrected chi connectivity index (χ2v) is 5.64. The second kappa shape index (κ2) is 6.59. The van der Waals surface area contributed by atoms with E-state index in [0.29, 0.717) is 5.92 Å². The van der Waals surface area contributed by atoms with Gasteiger partial charge in [0.05, 0.1) is 6.20 Å². The van der Waals surface area contributed by atoms with E-state index in [-0.39, 0.29) is 0 Å². The fourth-order valence-corrected chi connectivity index (χ4v) is 2.07. The Kier molecular flexibility index (Phi) is 4.82. The highest BCUT2D eigenvalue weighted by Gasteiger charge is 2.12. The summed E-state index contributed by atoms with van der Waals surface area (Å²) in [5, 5.41) is 3.35. The molecule has 0 unspecified atom stereocenters. The quantitative estimate of drug-likeness (QED) is 0.843. The maximum Gasteiger partial charge on any atom is 0.180 e. The van der Waals surface area contributed by atoms with Crippen LogP contribution < -0.4 is 10.2 Å². The molecule has 0 amide bonds. The topological polar surface area (TPSA) is 45.5 Å². The summed E-state index contributed by atoms with van der Waals surface area (Å²) in [7, 11) is 2.09. The van der Waals surface area contributed by atoms with E-state index in [9.17, 15) is 0 Å². The Bertz CT molecular complexity index is 546. The number of anilines is 2. The van der Waals surface area contributed by atoms with E-state index < -0.39 is 0 Å². The van der Waals surface area contributed by atoms with Crippen LogP contribution in [-0.4, -0.2) is 34.5 Å². The van der Waals surface area contributed by atoms with Gasteiger partial charge in [0.2, 0.25) is 0 Å². The van der Waals surface area contributed by atoms with Gasteiger partial charge in [-0.05, 0) is 18.8 Å². The third-order valence-electron chi connectivity index (χ3n) is 3.32. The maximum atomic E-state index is 4.72. The number of hydrogen-bond donors (Lipinski definition) is 1. The zero-order valence-electron chi connectivity index (χ0n) is 12.9. The minimum Gasteiger partial charge on any atom is -0.369 e. The summed E-state index contributed by atoms with van der Waals surface area (Å²) in [5.74, 6) is 2.54. The third-order valence-corrected chi connectivity index (χ3v) is 3.32. The molecular weight excluding hydrogens is 250 g/mol. The summed E-state index contributed by atoms with van der Waals surface area (Å²) in [4.78, 5) is 11.3. The van der Waals surface area contributed by atoms with Crippen molar-refractivity contribution in [1.82, 2.24) is 14.4 Å². The molecule has 0 aliphatic carbocycles. The van der Waals surface area contributed by atoms with E-state index in [2.05, 4.69) is 43.0 Å². The number of aromatic nitrogens is 3. The molecule has 0 saturated heterocycles. The molecule has 2 heterocycles. The third kappa shape index (κ3) is 3.40. The zero-order chi connectivity index (χ0) is 14.5. The van der Waals surface area contributed by atoms with Gasteiger partial charge in [-0.25, -0.2) is 9.97 Å². The van der Waals surface area contributed by atoms with Crippen LogP contribution in [0.4, 0.5) is 11.6 Å². The van der Waals surface area contributed by atoms with Crippen LogP contribution in [0, 0.1) is 5.92 Å². The van der Waals surface area contributed by atoms with Gasteiger partial charge in [0, 0.05) is 32.5 Å². The van der Waals surface area contributed by atoms with Crippen molar-refractivity contribution in [2.45, 2.75) is 33.6 Å². The number of nitrogens with zero attached hydrogens (tertiary/aromatic N) is 4. The minimum atomic E-state index is 0.689. The van der Waals surface area contributed by atoms with E-state index in [0.717, 1.165) is 43.2 Å². The molecule has 1 N–H and O–H groups in total. The van der Waals surface area contributed by atoms with Crippen molar-refractivity contribution in [3.63, 3.8) is 0 Å². The predicted molar refractivity (Wildman–Crippen MR) is 84.5 cm³/mol. The first-order valence-corrected chi connectivity index (χ1v) is 7.40. The lowest BCUT2D eigenvalue weighted by atomic mass is 10.1. The average Bonchev–Trinajstić information content (AvgIpc) is 2.89. The fraction of sp³-hybridized carbons (Fsp3) is 0.600. The minimum absolute atomic E-state index is 0.689. The fourth-order valence-electron chi connectivity index (χ4n) is 2.07. The molecule has 0 bridgehead atoms. The SMILES string of the molecule is CCCNc1cn2ccnc2c(N(C)CCC(C)C)n1. The van der Waals surface area contributed by atoms with Crippen molar-refractivity contribution in [2.75, 3.05) is 30.4 Å². The molecule has 0 aliphatic heterocycles. The monoisotopic (exact) mass is 275 g/mol. The number of fused-ring (bicyclic) bond motifs is 1. The molecule has 0 atom stereocenters. The Morgan fingerprint density at radius 1 is 1.40 bits per heavy atom. The van der Waals surface area contributed by atoms with Crippen molar-refractivity contribution < 1.29 is 0 Å². The summed E-state index contributed by atoms with van der Waals surface area (Å²) in [6.07, 6.45) is 8.02. The largest absolute Gasteiger partial charge is 0.369 e. The molecule has 110 valence electrons. The normalized spacial score (nSPS) is 11.2. The van der Waals surface area contributed by atoms with Crippen LogP contribution in [0.3, 0.4) is 0 Å². The second-order valence-electron chi connectivity index (χ2n) is 5.64. The molecule has 2 aromatic heterocycles. The van der Waals surface area contributed by atoms with Gasteiger partial charge in [-0.15, -0.1) is 0 Å². The highest BCUT2D eigenvalue weighted by molar-refractivity contribution is 5.66. The zero-order valence-corrected chi connectivity index (χ0v) is 12.9. The van der Waals surface area contributed by atoms with Gasteiger partial charge in [0.15, 0.2) is 11.5 Å². The summed E-state index contributed by atoms with van der Waals surface area (Å²) in [6, 6.07) is 0. The van der Waals surface area contributed by atoms with E-state index in [1.54, 1.807) is 0 Å². The van der Waals surface area contributed by atoms with Gasteiger partial charge in [-0.2, -0.15) is 0 Å². The van der Waals surface area contributed by atoms with Crippen LogP contribution in [0.15, 0.2) is 18.6 Å². The van der Waals surface area contributed by atoms with Crippen LogP contribution in [0.1, 0.15) is 33.6 Å². The molecule has 0 saturated carbocycles. The van der Waals surface area contributed by atoms with Crippen LogP contribution >= 0.6 is 0 Å². The van der Waals surface area contributed by atoms with Crippen molar-refractivity contribution in [3.8, 4) is 0 Å². The number of nitrogens with one attached hydrogen (secondary N) is 1. The average molecular weight is 275 g/mol. The highest BCUT2D eigenvalue weighted by atomic mass is 15.2. The molecule has 20 heavy (non-hydrogen) atoms. The van der Waals surface area contributed by atoms with Crippen LogP contribution in [-0.2, 0) is 0 Å². The molecule has 2 rings (SSSR count). The van der Waals surface area contributed by atoms with Crippen LogP contribution in [0.2, 0.25) is 0 Å². The Morgan fingerprint density at radius 3 is 2.90 bits per heavy atom. The smallest absolute Gasteiger partial charge is 0.180 e. The van der Waals surface area contributed by atoms with Gasteiger partial charge in [-0.1, -0.05) is 20.8 Å². The molecular formula is C15H25N5. The molecule has 0 aliphatic rings. The Hall–Kier alpha value is -1.78.